The van der Waals surface area contributed by atoms with E-state index in [1.807, 2.05) is 19.9 Å². The number of aliphatic hydroxyl groups is 2. The molecule has 5 saturated heterocycles. The van der Waals surface area contributed by atoms with E-state index in [0.29, 0.717) is 36.9 Å². The molecule has 1 saturated carbocycles. The fourth-order valence-electron chi connectivity index (χ4n) is 7.82. The number of hydrogen-bond acceptors (Lipinski definition) is 7. The maximum absolute atomic E-state index is 12.0. The molecule has 0 unspecified atom stereocenters. The monoisotopic (exact) mass is 518 g/mol. The van der Waals surface area contributed by atoms with Gasteiger partial charge in [0.05, 0.1) is 12.2 Å². The first kappa shape index (κ1) is 27.3. The van der Waals surface area contributed by atoms with Crippen LogP contribution in [0.1, 0.15) is 92.4 Å². The molecule has 0 aromatic heterocycles. The molecule has 7 nitrogen and oxygen atoms in total. The minimum atomic E-state index is -1.32. The largest absolute Gasteiger partial charge is 0.459 e. The van der Waals surface area contributed by atoms with Crippen LogP contribution in [0, 0.1) is 23.2 Å². The van der Waals surface area contributed by atoms with E-state index < -0.39 is 34.8 Å². The van der Waals surface area contributed by atoms with Crippen molar-refractivity contribution < 1.29 is 34.0 Å². The molecule has 0 radical (unpaired) electrons. The summed E-state index contributed by atoms with van der Waals surface area (Å²) in [5, 5.41) is 21.3. The summed E-state index contributed by atoms with van der Waals surface area (Å²) in [4.78, 5) is 12.0. The maximum Gasteiger partial charge on any atom is 0.336 e. The highest BCUT2D eigenvalue weighted by Gasteiger charge is 2.71. The summed E-state index contributed by atoms with van der Waals surface area (Å²) in [6, 6.07) is 0. The van der Waals surface area contributed by atoms with Gasteiger partial charge in [-0.1, -0.05) is 32.1 Å². The molecule has 208 valence electrons. The van der Waals surface area contributed by atoms with Crippen LogP contribution in [0.5, 0.6) is 0 Å². The summed E-state index contributed by atoms with van der Waals surface area (Å²) in [7, 11) is 0. The first-order valence-electron chi connectivity index (χ1n) is 14.2. The average molecular weight is 519 g/mol. The molecule has 6 aliphatic rings. The highest BCUT2D eigenvalue weighted by atomic mass is 16.8. The zero-order valence-corrected chi connectivity index (χ0v) is 23.3. The molecule has 6 rings (SSSR count). The molecule has 7 heteroatoms. The van der Waals surface area contributed by atoms with Crippen LogP contribution in [0.2, 0.25) is 0 Å². The van der Waals surface area contributed by atoms with Gasteiger partial charge in [0, 0.05) is 12.8 Å². The lowest BCUT2D eigenvalue weighted by Gasteiger charge is -2.66. The molecule has 37 heavy (non-hydrogen) atoms. The number of cyclic esters (lactones) is 1. The lowest BCUT2D eigenvalue weighted by Crippen LogP contribution is -2.78. The second-order valence-corrected chi connectivity index (χ2v) is 13.6. The third-order valence-electron chi connectivity index (χ3n) is 10.7. The lowest BCUT2D eigenvalue weighted by molar-refractivity contribution is -0.522. The highest BCUT2D eigenvalue weighted by molar-refractivity contribution is 5.91. The van der Waals surface area contributed by atoms with E-state index in [1.54, 1.807) is 0 Å². The van der Waals surface area contributed by atoms with Gasteiger partial charge in [0.25, 0.3) is 0 Å². The number of allylic oxidation sites excluding steroid dienone is 2. The minimum Gasteiger partial charge on any atom is -0.459 e. The molecule has 5 heterocycles. The molecular weight excluding hydrogens is 472 g/mol. The quantitative estimate of drug-likeness (QED) is 0.307. The topological polar surface area (TPSA) is 94.5 Å². The number of rotatable bonds is 5. The first-order valence-corrected chi connectivity index (χ1v) is 14.2. The molecule has 2 bridgehead atoms. The minimum absolute atomic E-state index is 0.0401. The molecule has 0 aromatic carbocycles. The molecule has 1 aliphatic carbocycles. The average Bonchev–Trinajstić information content (AvgIpc) is 3.13. The van der Waals surface area contributed by atoms with Crippen LogP contribution in [-0.2, 0) is 23.7 Å². The number of hydrogen-bond donors (Lipinski definition) is 2. The van der Waals surface area contributed by atoms with Gasteiger partial charge in [-0.3, -0.25) is 0 Å². The van der Waals surface area contributed by atoms with Crippen LogP contribution in [0.4, 0.5) is 0 Å². The number of aliphatic hydroxyl groups excluding tert-OH is 1. The van der Waals surface area contributed by atoms with Crippen molar-refractivity contribution >= 4 is 5.97 Å². The summed E-state index contributed by atoms with van der Waals surface area (Å²) in [6.45, 7) is 15.6. The Morgan fingerprint density at radius 2 is 1.78 bits per heavy atom. The van der Waals surface area contributed by atoms with Gasteiger partial charge in [-0.15, -0.1) is 0 Å². The van der Waals surface area contributed by atoms with Gasteiger partial charge in [0.1, 0.15) is 23.9 Å². The van der Waals surface area contributed by atoms with Crippen molar-refractivity contribution in [3.8, 4) is 0 Å². The van der Waals surface area contributed by atoms with Crippen LogP contribution >= 0.6 is 0 Å². The number of carbonyl (C=O) groups is 1. The highest BCUT2D eigenvalue weighted by Crippen LogP contribution is 2.59. The van der Waals surface area contributed by atoms with Gasteiger partial charge in [-0.05, 0) is 88.9 Å². The SMILES string of the molecule is C=C1CC[C@@H](CC[C@H]2CC[C@]3(OC2)O[C@@]2(O)CC[C@]3(C)OC2(C)C)C(C)(C)[C@H]1C/C=C1\C(=O)OC[C@H]1O. The fraction of sp³-hybridized carbons (Fsp3) is 0.833. The van der Waals surface area contributed by atoms with Crippen molar-refractivity contribution in [2.75, 3.05) is 13.2 Å². The second-order valence-electron chi connectivity index (χ2n) is 13.6. The van der Waals surface area contributed by atoms with E-state index in [4.69, 9.17) is 18.9 Å². The smallest absolute Gasteiger partial charge is 0.336 e. The van der Waals surface area contributed by atoms with E-state index in [1.165, 1.54) is 5.57 Å². The summed E-state index contributed by atoms with van der Waals surface area (Å²) in [5.41, 5.74) is 0.353. The van der Waals surface area contributed by atoms with Gasteiger partial charge in [0.15, 0.2) is 5.79 Å². The summed E-state index contributed by atoms with van der Waals surface area (Å²) in [5.74, 6) is -1.34. The first-order chi connectivity index (χ1) is 17.2. The van der Waals surface area contributed by atoms with Crippen LogP contribution in [-0.4, -0.2) is 58.3 Å². The van der Waals surface area contributed by atoms with Crippen LogP contribution in [0.3, 0.4) is 0 Å². The van der Waals surface area contributed by atoms with Crippen molar-refractivity contribution in [3.63, 3.8) is 0 Å². The molecule has 0 aromatic rings. The molecule has 1 spiro atoms. The van der Waals surface area contributed by atoms with Crippen molar-refractivity contribution in [1.82, 2.24) is 0 Å². The number of carbonyl (C=O) groups excluding carboxylic acids is 1. The van der Waals surface area contributed by atoms with Crippen LogP contribution in [0.25, 0.3) is 0 Å². The van der Waals surface area contributed by atoms with Gasteiger partial charge >= 0.3 is 5.97 Å². The lowest BCUT2D eigenvalue weighted by atomic mass is 9.58. The zero-order chi connectivity index (χ0) is 26.9. The van der Waals surface area contributed by atoms with Gasteiger partial charge in [-0.2, -0.15) is 0 Å². The number of fused-ring (bicyclic) bond motifs is 2. The van der Waals surface area contributed by atoms with Crippen molar-refractivity contribution in [2.24, 2.45) is 23.2 Å². The Kier molecular flexibility index (Phi) is 6.76. The van der Waals surface area contributed by atoms with Crippen molar-refractivity contribution in [3.05, 3.63) is 23.8 Å². The summed E-state index contributed by atoms with van der Waals surface area (Å²) < 4.78 is 24.2. The molecular formula is C30H46O7. The Morgan fingerprint density at radius 1 is 1.03 bits per heavy atom. The number of esters is 1. The normalized spacial score (nSPS) is 46.0. The molecule has 5 aliphatic heterocycles. The van der Waals surface area contributed by atoms with E-state index in [-0.39, 0.29) is 17.9 Å². The van der Waals surface area contributed by atoms with E-state index in [9.17, 15) is 15.0 Å². The van der Waals surface area contributed by atoms with Gasteiger partial charge < -0.3 is 29.2 Å². The molecule has 2 N–H and O–H groups in total. The Hall–Kier alpha value is -1.25. The van der Waals surface area contributed by atoms with Crippen molar-refractivity contribution in [1.29, 1.82) is 0 Å². The Bertz CT molecular complexity index is 959. The zero-order valence-electron chi connectivity index (χ0n) is 23.3. The maximum atomic E-state index is 12.0. The van der Waals surface area contributed by atoms with Crippen molar-refractivity contribution in [2.45, 2.75) is 121 Å². The third kappa shape index (κ3) is 4.43. The Balaban J connectivity index is 1.19. The predicted molar refractivity (Wildman–Crippen MR) is 138 cm³/mol. The third-order valence-corrected chi connectivity index (χ3v) is 10.7. The van der Waals surface area contributed by atoms with Gasteiger partial charge in [-0.25, -0.2) is 4.79 Å². The Morgan fingerprint density at radius 3 is 2.41 bits per heavy atom. The van der Waals surface area contributed by atoms with E-state index in [0.717, 1.165) is 44.9 Å². The van der Waals surface area contributed by atoms with Gasteiger partial charge in [0.2, 0.25) is 5.79 Å². The molecule has 6 fully saturated rings. The van der Waals surface area contributed by atoms with E-state index in [2.05, 4.69) is 27.4 Å². The number of ether oxygens (including phenoxy) is 4. The molecule has 7 atom stereocenters. The summed E-state index contributed by atoms with van der Waals surface area (Å²) in [6.07, 6.45) is 9.09. The van der Waals surface area contributed by atoms with Crippen LogP contribution in [0.15, 0.2) is 23.8 Å². The van der Waals surface area contributed by atoms with E-state index >= 15 is 0 Å². The molecule has 0 amide bonds. The Labute approximate surface area is 221 Å². The standard InChI is InChI=1S/C30H46O7/c1-19-7-9-21(26(2,3)23(19)12-11-22-24(31)18-34-25(22)32)10-8-20-13-14-30(35-17-20)28(6)15-16-29(33,37-30)27(4,5)36-28/h11,20-21,23-24,31,33H,1,7-10,12-18H2,2-6H3/b22-11-/t20-,21-,23-,24+,28-,29-,30-/m0/s1. The predicted octanol–water partition coefficient (Wildman–Crippen LogP) is 4.80. The van der Waals surface area contributed by atoms with Crippen LogP contribution < -0.4 is 0 Å². The fourth-order valence-corrected chi connectivity index (χ4v) is 7.82. The second kappa shape index (κ2) is 9.16. The summed E-state index contributed by atoms with van der Waals surface area (Å²) >= 11 is 0.